The third kappa shape index (κ3) is 2.95. The lowest BCUT2D eigenvalue weighted by Gasteiger charge is -2.26. The summed E-state index contributed by atoms with van der Waals surface area (Å²) in [6, 6.07) is 6.09. The first-order chi connectivity index (χ1) is 11.6. The van der Waals surface area contributed by atoms with E-state index in [0.29, 0.717) is 11.5 Å². The fourth-order valence-electron chi connectivity index (χ4n) is 4.20. The zero-order valence-corrected chi connectivity index (χ0v) is 14.5. The van der Waals surface area contributed by atoms with Gasteiger partial charge in [0.2, 0.25) is 0 Å². The maximum atomic E-state index is 12.7. The monoisotopic (exact) mass is 326 g/mol. The number of fused-ring (bicyclic) bond motifs is 5. The molecule has 4 heterocycles. The summed E-state index contributed by atoms with van der Waals surface area (Å²) in [4.78, 5) is 15.2. The average molecular weight is 326 g/mol. The first kappa shape index (κ1) is 15.7. The van der Waals surface area contributed by atoms with Crippen LogP contribution in [0.5, 0.6) is 0 Å². The summed E-state index contributed by atoms with van der Waals surface area (Å²) < 4.78 is 5.67. The number of hydrogen-bond donors (Lipinski definition) is 1. The summed E-state index contributed by atoms with van der Waals surface area (Å²) in [5.41, 5.74) is 2.69. The predicted octanol–water partition coefficient (Wildman–Crippen LogP) is 3.77. The van der Waals surface area contributed by atoms with Crippen LogP contribution in [0.2, 0.25) is 0 Å². The van der Waals surface area contributed by atoms with Gasteiger partial charge in [-0.1, -0.05) is 19.9 Å². The molecule has 3 saturated heterocycles. The highest BCUT2D eigenvalue weighted by Crippen LogP contribution is 2.29. The van der Waals surface area contributed by atoms with Crippen molar-refractivity contribution in [3.05, 3.63) is 35.6 Å². The highest BCUT2D eigenvalue weighted by molar-refractivity contribution is 5.98. The fourth-order valence-corrected chi connectivity index (χ4v) is 4.20. The number of rotatable bonds is 3. The Morgan fingerprint density at radius 2 is 2.08 bits per heavy atom. The minimum atomic E-state index is 0.0203. The lowest BCUT2D eigenvalue weighted by molar-refractivity contribution is 0.0929. The summed E-state index contributed by atoms with van der Waals surface area (Å²) in [6.45, 7) is 7.67. The van der Waals surface area contributed by atoms with E-state index in [0.717, 1.165) is 29.9 Å². The molecule has 24 heavy (non-hydrogen) atoms. The highest BCUT2D eigenvalue weighted by Gasteiger charge is 2.30. The van der Waals surface area contributed by atoms with Crippen molar-refractivity contribution in [1.29, 1.82) is 0 Å². The van der Waals surface area contributed by atoms with Gasteiger partial charge in [0.1, 0.15) is 5.58 Å². The largest absolute Gasteiger partial charge is 0.464 e. The molecular weight excluding hydrogens is 300 g/mol. The van der Waals surface area contributed by atoms with Gasteiger partial charge in [-0.25, -0.2) is 0 Å². The second-order valence-electron chi connectivity index (χ2n) is 7.71. The number of hydrogen-bond acceptors (Lipinski definition) is 3. The van der Waals surface area contributed by atoms with E-state index in [2.05, 4.69) is 24.1 Å². The van der Waals surface area contributed by atoms with Crippen molar-refractivity contribution in [2.24, 2.45) is 5.92 Å². The molecule has 1 aromatic heterocycles. The van der Waals surface area contributed by atoms with Gasteiger partial charge in [-0.15, -0.1) is 0 Å². The van der Waals surface area contributed by atoms with Crippen LogP contribution in [-0.2, 0) is 0 Å². The van der Waals surface area contributed by atoms with Crippen LogP contribution in [0.25, 0.3) is 11.0 Å². The smallest absolute Gasteiger partial charge is 0.251 e. The van der Waals surface area contributed by atoms with Gasteiger partial charge in [0, 0.05) is 29.1 Å². The van der Waals surface area contributed by atoms with Gasteiger partial charge >= 0.3 is 0 Å². The van der Waals surface area contributed by atoms with Crippen molar-refractivity contribution in [2.45, 2.75) is 45.1 Å². The van der Waals surface area contributed by atoms with Crippen molar-refractivity contribution < 1.29 is 9.21 Å². The van der Waals surface area contributed by atoms with Crippen molar-refractivity contribution >= 4 is 16.9 Å². The molecule has 2 bridgehead atoms. The zero-order valence-electron chi connectivity index (χ0n) is 14.5. The van der Waals surface area contributed by atoms with Crippen LogP contribution in [0.1, 0.15) is 54.9 Å². The second kappa shape index (κ2) is 6.25. The zero-order chi connectivity index (χ0) is 16.7. The lowest BCUT2D eigenvalue weighted by Crippen LogP contribution is -2.41. The maximum Gasteiger partial charge on any atom is 0.251 e. The van der Waals surface area contributed by atoms with E-state index < -0.39 is 0 Å². The van der Waals surface area contributed by atoms with E-state index >= 15 is 0 Å². The molecule has 1 amide bonds. The van der Waals surface area contributed by atoms with Crippen molar-refractivity contribution in [2.75, 3.05) is 19.6 Å². The predicted molar refractivity (Wildman–Crippen MR) is 95.3 cm³/mol. The van der Waals surface area contributed by atoms with Gasteiger partial charge in [0.05, 0.1) is 6.26 Å². The number of carbonyl (C=O) groups excluding carboxylic acids is 1. The Morgan fingerprint density at radius 3 is 2.83 bits per heavy atom. The van der Waals surface area contributed by atoms with Crippen LogP contribution in [0.4, 0.5) is 0 Å². The third-order valence-corrected chi connectivity index (χ3v) is 5.63. The van der Waals surface area contributed by atoms with Gasteiger partial charge in [0.15, 0.2) is 0 Å². The molecule has 1 atom stereocenters. The molecule has 0 spiro atoms. The van der Waals surface area contributed by atoms with Crippen LogP contribution < -0.4 is 5.32 Å². The SMILES string of the molecule is CC(C)c1coc2cc(C(=O)N[C@@H]3CC4CCN(CC4)C3)ccc12. The molecule has 1 N–H and O–H groups in total. The molecule has 4 heteroatoms. The molecule has 0 saturated carbocycles. The van der Waals surface area contributed by atoms with E-state index in [1.165, 1.54) is 31.5 Å². The molecule has 2 aromatic rings. The molecule has 1 aromatic carbocycles. The Balaban J connectivity index is 1.51. The quantitative estimate of drug-likeness (QED) is 0.934. The van der Waals surface area contributed by atoms with Crippen LogP contribution in [0.15, 0.2) is 28.9 Å². The van der Waals surface area contributed by atoms with E-state index in [1.807, 2.05) is 24.5 Å². The van der Waals surface area contributed by atoms with E-state index in [4.69, 9.17) is 4.42 Å². The number of nitrogens with zero attached hydrogens (tertiary/aromatic N) is 1. The molecule has 0 aliphatic carbocycles. The summed E-state index contributed by atoms with van der Waals surface area (Å²) in [5, 5.41) is 4.36. The minimum Gasteiger partial charge on any atom is -0.464 e. The van der Waals surface area contributed by atoms with Crippen LogP contribution >= 0.6 is 0 Å². The molecule has 3 aliphatic heterocycles. The highest BCUT2D eigenvalue weighted by atomic mass is 16.3. The van der Waals surface area contributed by atoms with Gasteiger partial charge < -0.3 is 14.6 Å². The normalized spacial score (nSPS) is 26.7. The third-order valence-electron chi connectivity index (χ3n) is 5.63. The van der Waals surface area contributed by atoms with Gasteiger partial charge in [-0.05, 0) is 56.3 Å². The summed E-state index contributed by atoms with van der Waals surface area (Å²) >= 11 is 0. The standard InChI is InChI=1S/C20H26N2O2/c1-13(2)18-12-24-19-10-15(3-4-17(18)19)20(23)21-16-9-14-5-7-22(11-16)8-6-14/h3-4,10,12-14,16H,5-9,11H2,1-2H3,(H,21,23)/t16-/m1/s1. The van der Waals surface area contributed by atoms with Gasteiger partial charge in [-0.3, -0.25) is 4.79 Å². The summed E-state index contributed by atoms with van der Waals surface area (Å²) in [5.74, 6) is 1.21. The molecule has 3 aliphatic rings. The number of furan rings is 1. The fraction of sp³-hybridized carbons (Fsp3) is 0.550. The van der Waals surface area contributed by atoms with Gasteiger partial charge in [0.25, 0.3) is 5.91 Å². The molecular formula is C20H26N2O2. The Labute approximate surface area is 143 Å². The van der Waals surface area contributed by atoms with E-state index in [-0.39, 0.29) is 11.9 Å². The van der Waals surface area contributed by atoms with Crippen molar-refractivity contribution in [3.8, 4) is 0 Å². The van der Waals surface area contributed by atoms with E-state index in [1.54, 1.807) is 0 Å². The van der Waals surface area contributed by atoms with Crippen LogP contribution in [0.3, 0.4) is 0 Å². The maximum absolute atomic E-state index is 12.7. The van der Waals surface area contributed by atoms with Crippen molar-refractivity contribution in [1.82, 2.24) is 10.2 Å². The summed E-state index contributed by atoms with van der Waals surface area (Å²) in [6.07, 6.45) is 5.49. The Kier molecular flexibility index (Phi) is 4.09. The molecule has 5 rings (SSSR count). The molecule has 4 nitrogen and oxygen atoms in total. The Morgan fingerprint density at radius 1 is 1.29 bits per heavy atom. The van der Waals surface area contributed by atoms with Crippen LogP contribution in [-0.4, -0.2) is 36.5 Å². The Hall–Kier alpha value is -1.81. The lowest BCUT2D eigenvalue weighted by atomic mass is 9.94. The van der Waals surface area contributed by atoms with Crippen LogP contribution in [0, 0.1) is 5.92 Å². The average Bonchev–Trinajstić information content (AvgIpc) is 2.79. The first-order valence-corrected chi connectivity index (χ1v) is 9.14. The van der Waals surface area contributed by atoms with E-state index in [9.17, 15) is 4.79 Å². The van der Waals surface area contributed by atoms with Gasteiger partial charge in [-0.2, -0.15) is 0 Å². The number of nitrogens with one attached hydrogen (secondary N) is 1. The molecule has 0 unspecified atom stereocenters. The molecule has 0 radical (unpaired) electrons. The number of amides is 1. The molecule has 128 valence electrons. The summed E-state index contributed by atoms with van der Waals surface area (Å²) in [7, 11) is 0. The second-order valence-corrected chi connectivity index (χ2v) is 7.71. The topological polar surface area (TPSA) is 45.5 Å². The number of carbonyl (C=O) groups is 1. The first-order valence-electron chi connectivity index (χ1n) is 9.14. The Bertz CT molecular complexity index is 727. The van der Waals surface area contributed by atoms with Crippen molar-refractivity contribution in [3.63, 3.8) is 0 Å². The number of piperidine rings is 1. The molecule has 3 fully saturated rings. The minimum absolute atomic E-state index is 0.0203. The number of benzene rings is 1.